The van der Waals surface area contributed by atoms with Crippen LogP contribution in [0.1, 0.15) is 37.0 Å². The zero-order valence-corrected chi connectivity index (χ0v) is 15.6. The van der Waals surface area contributed by atoms with Crippen LogP contribution in [0.25, 0.3) is 0 Å². The van der Waals surface area contributed by atoms with E-state index in [-0.39, 0.29) is 23.0 Å². The third-order valence-corrected chi connectivity index (χ3v) is 5.86. The molecule has 2 atom stereocenters. The van der Waals surface area contributed by atoms with Crippen molar-refractivity contribution in [1.29, 1.82) is 0 Å². The lowest BCUT2D eigenvalue weighted by Crippen LogP contribution is -2.48. The summed E-state index contributed by atoms with van der Waals surface area (Å²) in [5.41, 5.74) is 5.76. The Morgan fingerprint density at radius 3 is 2.60 bits per heavy atom. The van der Waals surface area contributed by atoms with Crippen molar-refractivity contribution in [2.75, 3.05) is 26.2 Å². The van der Waals surface area contributed by atoms with Crippen LogP contribution in [-0.2, 0) is 14.8 Å². The molecule has 1 heterocycles. The highest BCUT2D eigenvalue weighted by molar-refractivity contribution is 7.89. The summed E-state index contributed by atoms with van der Waals surface area (Å²) in [5.74, 6) is -0.280. The molecule has 1 aliphatic heterocycles. The molecular formula is C17H27N3O4S. The predicted octanol–water partition coefficient (Wildman–Crippen LogP) is 0.953. The van der Waals surface area contributed by atoms with E-state index in [9.17, 15) is 13.2 Å². The maximum absolute atomic E-state index is 12.9. The van der Waals surface area contributed by atoms with E-state index >= 15 is 0 Å². The van der Waals surface area contributed by atoms with Crippen LogP contribution in [0.2, 0.25) is 0 Å². The van der Waals surface area contributed by atoms with Gasteiger partial charge in [0.25, 0.3) is 5.91 Å². The lowest BCUT2D eigenvalue weighted by atomic mass is 10.2. The van der Waals surface area contributed by atoms with Crippen LogP contribution in [0, 0.1) is 0 Å². The highest BCUT2D eigenvalue weighted by Gasteiger charge is 2.32. The maximum Gasteiger partial charge on any atom is 0.251 e. The summed E-state index contributed by atoms with van der Waals surface area (Å²) in [6.45, 7) is 5.42. The number of benzene rings is 1. The first-order valence-electron chi connectivity index (χ1n) is 8.58. The molecule has 0 radical (unpaired) electrons. The van der Waals surface area contributed by atoms with Crippen molar-refractivity contribution in [3.8, 4) is 0 Å². The van der Waals surface area contributed by atoms with Gasteiger partial charge in [-0.1, -0.05) is 6.07 Å². The largest absolute Gasteiger partial charge is 0.373 e. The third kappa shape index (κ3) is 5.24. The number of sulfonamides is 1. The van der Waals surface area contributed by atoms with Crippen molar-refractivity contribution in [2.24, 2.45) is 5.73 Å². The zero-order valence-electron chi connectivity index (χ0n) is 14.8. The Morgan fingerprint density at radius 2 is 1.96 bits per heavy atom. The topological polar surface area (TPSA) is 102 Å². The number of nitrogens with zero attached hydrogens (tertiary/aromatic N) is 1. The molecule has 1 amide bonds. The Kier molecular flexibility index (Phi) is 6.95. The van der Waals surface area contributed by atoms with Crippen LogP contribution in [0.3, 0.4) is 0 Å². The molecule has 0 aliphatic carbocycles. The minimum atomic E-state index is -3.66. The van der Waals surface area contributed by atoms with Gasteiger partial charge in [-0.3, -0.25) is 4.79 Å². The number of nitrogens with two attached hydrogens (primary N) is 1. The number of rotatable bonds is 7. The molecule has 1 aliphatic rings. The first-order valence-corrected chi connectivity index (χ1v) is 10.0. The van der Waals surface area contributed by atoms with Crippen molar-refractivity contribution in [3.05, 3.63) is 29.8 Å². The van der Waals surface area contributed by atoms with Gasteiger partial charge in [0.2, 0.25) is 10.0 Å². The van der Waals surface area contributed by atoms with Gasteiger partial charge in [-0.15, -0.1) is 0 Å². The van der Waals surface area contributed by atoms with Crippen LogP contribution in [-0.4, -0.2) is 57.0 Å². The quantitative estimate of drug-likeness (QED) is 0.697. The van der Waals surface area contributed by atoms with E-state index < -0.39 is 10.0 Å². The van der Waals surface area contributed by atoms with Crippen molar-refractivity contribution in [1.82, 2.24) is 9.62 Å². The van der Waals surface area contributed by atoms with Crippen molar-refractivity contribution < 1.29 is 17.9 Å². The summed E-state index contributed by atoms with van der Waals surface area (Å²) < 4.78 is 32.8. The highest BCUT2D eigenvalue weighted by atomic mass is 32.2. The lowest BCUT2D eigenvalue weighted by molar-refractivity contribution is -0.0440. The molecule has 2 rings (SSSR count). The molecule has 140 valence electrons. The molecule has 2 unspecified atom stereocenters. The fraction of sp³-hybridized carbons (Fsp3) is 0.588. The summed E-state index contributed by atoms with van der Waals surface area (Å²) in [6, 6.07) is 6.15. The Morgan fingerprint density at radius 1 is 1.28 bits per heavy atom. The van der Waals surface area contributed by atoms with Crippen LogP contribution < -0.4 is 11.1 Å². The molecule has 8 heteroatoms. The molecule has 0 bridgehead atoms. The first-order chi connectivity index (χ1) is 11.8. The van der Waals surface area contributed by atoms with Crippen LogP contribution in [0.4, 0.5) is 0 Å². The molecule has 1 fully saturated rings. The fourth-order valence-corrected chi connectivity index (χ4v) is 4.48. The number of morpholine rings is 1. The summed E-state index contributed by atoms with van der Waals surface area (Å²) >= 11 is 0. The van der Waals surface area contributed by atoms with Gasteiger partial charge in [-0.05, 0) is 51.4 Å². The summed E-state index contributed by atoms with van der Waals surface area (Å²) in [5, 5.41) is 2.78. The predicted molar refractivity (Wildman–Crippen MR) is 95.8 cm³/mol. The van der Waals surface area contributed by atoms with Crippen molar-refractivity contribution in [3.63, 3.8) is 0 Å². The van der Waals surface area contributed by atoms with Gasteiger partial charge in [0.15, 0.2) is 0 Å². The highest BCUT2D eigenvalue weighted by Crippen LogP contribution is 2.21. The number of hydrogen-bond acceptors (Lipinski definition) is 5. The number of unbranched alkanes of at least 4 members (excludes halogenated alkanes) is 1. The van der Waals surface area contributed by atoms with Crippen molar-refractivity contribution >= 4 is 15.9 Å². The molecule has 0 aromatic heterocycles. The Balaban J connectivity index is 2.12. The van der Waals surface area contributed by atoms with Gasteiger partial charge in [0.1, 0.15) is 0 Å². The minimum Gasteiger partial charge on any atom is -0.373 e. The number of carbonyl (C=O) groups is 1. The number of ether oxygens (including phenoxy) is 1. The van der Waals surface area contributed by atoms with E-state index in [1.54, 1.807) is 12.1 Å². The Hall–Kier alpha value is -1.48. The second kappa shape index (κ2) is 8.75. The molecule has 0 spiro atoms. The van der Waals surface area contributed by atoms with Crippen molar-refractivity contribution in [2.45, 2.75) is 43.8 Å². The zero-order chi connectivity index (χ0) is 18.4. The van der Waals surface area contributed by atoms with Crippen LogP contribution in [0.5, 0.6) is 0 Å². The van der Waals surface area contributed by atoms with E-state index in [2.05, 4.69) is 5.32 Å². The maximum atomic E-state index is 12.9. The van der Waals surface area contributed by atoms with Gasteiger partial charge < -0.3 is 15.8 Å². The Labute approximate surface area is 149 Å². The van der Waals surface area contributed by atoms with Gasteiger partial charge >= 0.3 is 0 Å². The number of nitrogens with one attached hydrogen (secondary N) is 1. The van der Waals surface area contributed by atoms with Gasteiger partial charge in [0.05, 0.1) is 17.1 Å². The fourth-order valence-electron chi connectivity index (χ4n) is 2.85. The molecule has 1 aromatic carbocycles. The van der Waals surface area contributed by atoms with Crippen LogP contribution >= 0.6 is 0 Å². The van der Waals surface area contributed by atoms with Gasteiger partial charge in [-0.2, -0.15) is 4.31 Å². The third-order valence-electron chi connectivity index (χ3n) is 4.04. The molecule has 0 saturated carbocycles. The molecule has 25 heavy (non-hydrogen) atoms. The average Bonchev–Trinajstić information content (AvgIpc) is 2.58. The summed E-state index contributed by atoms with van der Waals surface area (Å²) in [6.07, 6.45) is 1.31. The smallest absolute Gasteiger partial charge is 0.251 e. The normalized spacial score (nSPS) is 21.9. The monoisotopic (exact) mass is 369 g/mol. The van der Waals surface area contributed by atoms with E-state index in [1.165, 1.54) is 16.4 Å². The molecule has 7 nitrogen and oxygen atoms in total. The second-order valence-electron chi connectivity index (χ2n) is 6.36. The van der Waals surface area contributed by atoms with Crippen LogP contribution in [0.15, 0.2) is 29.2 Å². The number of hydrogen-bond donors (Lipinski definition) is 2. The second-order valence-corrected chi connectivity index (χ2v) is 8.30. The summed E-state index contributed by atoms with van der Waals surface area (Å²) in [7, 11) is -3.66. The molecular weight excluding hydrogens is 342 g/mol. The van der Waals surface area contributed by atoms with E-state index in [0.717, 1.165) is 12.8 Å². The van der Waals surface area contributed by atoms with E-state index in [1.807, 2.05) is 13.8 Å². The molecule has 1 saturated heterocycles. The lowest BCUT2D eigenvalue weighted by Gasteiger charge is -2.34. The van der Waals surface area contributed by atoms with Gasteiger partial charge in [-0.25, -0.2) is 8.42 Å². The minimum absolute atomic E-state index is 0.128. The Bertz CT molecular complexity index is 683. The van der Waals surface area contributed by atoms with E-state index in [4.69, 9.17) is 10.5 Å². The molecule has 3 N–H and O–H groups in total. The molecule has 1 aromatic rings. The van der Waals surface area contributed by atoms with E-state index in [0.29, 0.717) is 31.7 Å². The standard InChI is InChI=1S/C17H27N3O4S/c1-13-11-20(12-14(2)24-13)25(22,23)16-7-5-6-15(10-16)17(21)19-9-4-3-8-18/h5-7,10,13-14H,3-4,8-9,11-12,18H2,1-2H3,(H,19,21). The average molecular weight is 369 g/mol. The summed E-state index contributed by atoms with van der Waals surface area (Å²) in [4.78, 5) is 12.3. The SMILES string of the molecule is CC1CN(S(=O)(=O)c2cccc(C(=O)NCCCCN)c2)CC(C)O1. The number of carbonyl (C=O) groups excluding carboxylic acids is 1. The number of amides is 1. The van der Waals surface area contributed by atoms with Gasteiger partial charge in [0, 0.05) is 25.2 Å². The first kappa shape index (κ1) is 19.8.